The van der Waals surface area contributed by atoms with E-state index in [-0.39, 0.29) is 23.1 Å². The molecule has 2 aromatic rings. The van der Waals surface area contributed by atoms with Crippen LogP contribution in [0.25, 0.3) is 0 Å². The van der Waals surface area contributed by atoms with E-state index in [1.807, 2.05) is 13.0 Å². The van der Waals surface area contributed by atoms with Gasteiger partial charge in [0.15, 0.2) is 5.69 Å². The Morgan fingerprint density at radius 1 is 1.27 bits per heavy atom. The summed E-state index contributed by atoms with van der Waals surface area (Å²) in [4.78, 5) is 31.1. The van der Waals surface area contributed by atoms with E-state index in [9.17, 15) is 14.7 Å². The van der Waals surface area contributed by atoms with Gasteiger partial charge in [-0.1, -0.05) is 49.6 Å². The zero-order valence-corrected chi connectivity index (χ0v) is 18.5. The van der Waals surface area contributed by atoms with Gasteiger partial charge in [-0.25, -0.2) is 0 Å². The summed E-state index contributed by atoms with van der Waals surface area (Å²) < 4.78 is 1.75. The Bertz CT molecular complexity index is 1060. The van der Waals surface area contributed by atoms with Crippen molar-refractivity contribution in [1.29, 1.82) is 0 Å². The van der Waals surface area contributed by atoms with Crippen LogP contribution in [-0.2, 0) is 24.8 Å². The number of carbonyl (C=O) groups is 1. The van der Waals surface area contributed by atoms with Crippen molar-refractivity contribution in [1.82, 2.24) is 14.5 Å². The van der Waals surface area contributed by atoms with Gasteiger partial charge < -0.3 is 14.6 Å². The molecule has 4 rings (SSSR count). The zero-order valence-electron chi connectivity index (χ0n) is 17.7. The first-order valence-corrected chi connectivity index (χ1v) is 11.0. The first kappa shape index (κ1) is 20.9. The fraction of sp³-hybridized carbons (Fsp3) is 0.522. The van der Waals surface area contributed by atoms with Crippen molar-refractivity contribution in [2.45, 2.75) is 70.4 Å². The Morgan fingerprint density at radius 3 is 2.63 bits per heavy atom. The van der Waals surface area contributed by atoms with Gasteiger partial charge in [0.1, 0.15) is 5.82 Å². The lowest BCUT2D eigenvalue weighted by Crippen LogP contribution is -2.47. The lowest BCUT2D eigenvalue weighted by molar-refractivity contribution is 0.0660. The molecule has 1 saturated carbocycles. The van der Waals surface area contributed by atoms with Crippen molar-refractivity contribution in [3.63, 3.8) is 0 Å². The van der Waals surface area contributed by atoms with E-state index in [1.165, 1.54) is 0 Å². The van der Waals surface area contributed by atoms with Crippen molar-refractivity contribution in [3.05, 3.63) is 56.2 Å². The minimum atomic E-state index is -0.742. The average Bonchev–Trinajstić information content (AvgIpc) is 3.19. The predicted octanol–water partition coefficient (Wildman–Crippen LogP) is 3.69. The van der Waals surface area contributed by atoms with Gasteiger partial charge in [0.2, 0.25) is 5.75 Å². The van der Waals surface area contributed by atoms with Gasteiger partial charge in [-0.3, -0.25) is 9.59 Å². The number of hydrogen-bond acceptors (Lipinski definition) is 4. The van der Waals surface area contributed by atoms with E-state index in [1.54, 1.807) is 16.5 Å². The molecule has 160 valence electrons. The lowest BCUT2D eigenvalue weighted by atomic mass is 9.75. The third-order valence-electron chi connectivity index (χ3n) is 6.96. The fourth-order valence-corrected chi connectivity index (χ4v) is 5.51. The highest BCUT2D eigenvalue weighted by atomic mass is 35.5. The van der Waals surface area contributed by atoms with Crippen LogP contribution < -0.4 is 5.56 Å². The number of aromatic hydroxyl groups is 1. The Kier molecular flexibility index (Phi) is 5.39. The Morgan fingerprint density at radius 2 is 1.97 bits per heavy atom. The number of aromatic nitrogens is 2. The van der Waals surface area contributed by atoms with Crippen molar-refractivity contribution in [2.24, 2.45) is 0 Å². The Hall–Kier alpha value is -2.34. The number of hydrogen-bond donors (Lipinski definition) is 1. The van der Waals surface area contributed by atoms with Crippen LogP contribution in [0.4, 0.5) is 0 Å². The third-order valence-corrected chi connectivity index (χ3v) is 7.40. The van der Waals surface area contributed by atoms with Gasteiger partial charge in [0, 0.05) is 36.5 Å². The summed E-state index contributed by atoms with van der Waals surface area (Å²) in [6.07, 6.45) is 5.45. The van der Waals surface area contributed by atoms with Crippen LogP contribution in [0.2, 0.25) is 5.02 Å². The Labute approximate surface area is 181 Å². The summed E-state index contributed by atoms with van der Waals surface area (Å²) >= 11 is 6.82. The summed E-state index contributed by atoms with van der Waals surface area (Å²) in [6, 6.07) is 6.13. The van der Waals surface area contributed by atoms with Gasteiger partial charge >= 0.3 is 5.56 Å². The van der Waals surface area contributed by atoms with Crippen LogP contribution in [0.5, 0.6) is 5.75 Å². The standard InChI is InChI=1S/C23H28ClN3O3/c1-4-15-8-7-9-16(18(15)24)23(10-5-6-11-23)12-17-25-21(29)20(28)19-22(30)26(3)14(2)13-27(17)19/h7-9,14,28H,4-6,10-13H2,1-3H3/t14-/m0/s1. The van der Waals surface area contributed by atoms with E-state index < -0.39 is 11.3 Å². The summed E-state index contributed by atoms with van der Waals surface area (Å²) in [5, 5.41) is 11.1. The molecule has 2 heterocycles. The molecule has 1 fully saturated rings. The number of fused-ring (bicyclic) bond motifs is 1. The predicted molar refractivity (Wildman–Crippen MR) is 116 cm³/mol. The number of benzene rings is 1. The number of amides is 1. The van der Waals surface area contributed by atoms with E-state index in [4.69, 9.17) is 11.6 Å². The quantitative estimate of drug-likeness (QED) is 0.804. The highest BCUT2D eigenvalue weighted by Gasteiger charge is 2.41. The zero-order chi connectivity index (χ0) is 21.6. The van der Waals surface area contributed by atoms with E-state index in [0.717, 1.165) is 48.3 Å². The summed E-state index contributed by atoms with van der Waals surface area (Å²) in [5.74, 6) is -0.353. The van der Waals surface area contributed by atoms with Gasteiger partial charge in [-0.2, -0.15) is 4.98 Å². The van der Waals surface area contributed by atoms with Crippen LogP contribution in [0.15, 0.2) is 23.0 Å². The summed E-state index contributed by atoms with van der Waals surface area (Å²) in [7, 11) is 1.69. The van der Waals surface area contributed by atoms with Crippen molar-refractivity contribution < 1.29 is 9.90 Å². The number of aryl methyl sites for hydroxylation is 1. The van der Waals surface area contributed by atoms with Gasteiger partial charge in [-0.05, 0) is 37.3 Å². The highest BCUT2D eigenvalue weighted by molar-refractivity contribution is 6.32. The van der Waals surface area contributed by atoms with Crippen LogP contribution in [-0.4, -0.2) is 38.6 Å². The van der Waals surface area contributed by atoms with Crippen molar-refractivity contribution in [2.75, 3.05) is 7.05 Å². The van der Waals surface area contributed by atoms with Gasteiger partial charge in [0.05, 0.1) is 0 Å². The highest BCUT2D eigenvalue weighted by Crippen LogP contribution is 2.47. The second kappa shape index (κ2) is 7.73. The largest absolute Gasteiger partial charge is 0.501 e. The number of rotatable bonds is 4. The van der Waals surface area contributed by atoms with Crippen molar-refractivity contribution >= 4 is 17.5 Å². The number of carbonyl (C=O) groups excluding carboxylic acids is 1. The molecule has 1 N–H and O–H groups in total. The topological polar surface area (TPSA) is 75.4 Å². The first-order chi connectivity index (χ1) is 14.3. The smallest absolute Gasteiger partial charge is 0.315 e. The maximum absolute atomic E-state index is 12.8. The fourth-order valence-electron chi connectivity index (χ4n) is 5.05. The van der Waals surface area contributed by atoms with E-state index in [0.29, 0.717) is 18.8 Å². The van der Waals surface area contributed by atoms with Crippen LogP contribution in [0.3, 0.4) is 0 Å². The number of halogens is 1. The normalized spacial score (nSPS) is 20.5. The van der Waals surface area contributed by atoms with E-state index >= 15 is 0 Å². The first-order valence-electron chi connectivity index (χ1n) is 10.7. The second-order valence-corrected chi connectivity index (χ2v) is 9.08. The molecule has 2 aliphatic rings. The van der Waals surface area contributed by atoms with Crippen molar-refractivity contribution in [3.8, 4) is 5.75 Å². The SMILES string of the molecule is CCc1cccc(C2(Cc3nc(=O)c(O)c4n3C[C@H](C)N(C)C4=O)CCCC2)c1Cl. The maximum atomic E-state index is 12.8. The molecule has 1 atom stereocenters. The molecule has 1 aromatic carbocycles. The van der Waals surface area contributed by atoms with Crippen LogP contribution in [0.1, 0.15) is 67.0 Å². The molecule has 1 amide bonds. The molecule has 6 nitrogen and oxygen atoms in total. The monoisotopic (exact) mass is 429 g/mol. The molecule has 0 spiro atoms. The van der Waals surface area contributed by atoms with E-state index in [2.05, 4.69) is 24.0 Å². The lowest BCUT2D eigenvalue weighted by Gasteiger charge is -2.36. The molecule has 30 heavy (non-hydrogen) atoms. The molecule has 1 aliphatic heterocycles. The van der Waals surface area contributed by atoms with Crippen LogP contribution in [0, 0.1) is 0 Å². The molecule has 1 aromatic heterocycles. The molecule has 0 radical (unpaired) electrons. The van der Waals surface area contributed by atoms with Gasteiger partial charge in [0.25, 0.3) is 5.91 Å². The molecule has 0 bridgehead atoms. The summed E-state index contributed by atoms with van der Waals surface area (Å²) in [6.45, 7) is 4.53. The molecule has 7 heteroatoms. The Balaban J connectivity index is 1.87. The number of nitrogens with zero attached hydrogens (tertiary/aromatic N) is 3. The average molecular weight is 430 g/mol. The van der Waals surface area contributed by atoms with Crippen LogP contribution >= 0.6 is 11.6 Å². The molecular formula is C23H28ClN3O3. The maximum Gasteiger partial charge on any atom is 0.315 e. The molecule has 0 saturated heterocycles. The minimum absolute atomic E-state index is 0.0483. The molecule has 0 unspecified atom stereocenters. The van der Waals surface area contributed by atoms with Gasteiger partial charge in [-0.15, -0.1) is 0 Å². The third kappa shape index (κ3) is 3.22. The minimum Gasteiger partial charge on any atom is -0.501 e. The number of likely N-dealkylation sites (N-methyl/N-ethyl adjacent to an activating group) is 1. The molecule has 1 aliphatic carbocycles. The second-order valence-electron chi connectivity index (χ2n) is 8.70. The molecular weight excluding hydrogens is 402 g/mol. The summed E-state index contributed by atoms with van der Waals surface area (Å²) in [5.41, 5.74) is 1.30.